The van der Waals surface area contributed by atoms with Crippen molar-refractivity contribution in [3.05, 3.63) is 36.7 Å². The summed E-state index contributed by atoms with van der Waals surface area (Å²) in [5, 5.41) is 16.6. The van der Waals surface area contributed by atoms with Gasteiger partial charge in [0.25, 0.3) is 0 Å². The standard InChI is InChI=1S/C23H29F3N6O11P2S2/c1-46-10-8-27-18-15-19(31-21(30-18)47-9-7-23(24,25)26)32(12-28-15)20-17(42-22(34)29-13-5-3-2-4-6-13)16(33)14(41-20)11-40-45(38,39)43-44(35,36)37/h2-6,12,14,16-17,20,33H,7-11H2,1H3,(H,29,34)(H,38,39)(H,27,30,31)(H2,35,36,37)/t14?,16-,17-,20-/m1/s1. The Morgan fingerprint density at radius 3 is 2.53 bits per heavy atom. The lowest BCUT2D eigenvalue weighted by Crippen LogP contribution is -2.38. The number of ether oxygens (including phenoxy) is 2. The molecule has 2 unspecified atom stereocenters. The molecule has 0 saturated carbocycles. The smallest absolute Gasteiger partial charge is 0.438 e. The summed E-state index contributed by atoms with van der Waals surface area (Å²) in [6, 6.07) is 8.09. The van der Waals surface area contributed by atoms with Gasteiger partial charge in [-0.3, -0.25) is 14.4 Å². The van der Waals surface area contributed by atoms with Gasteiger partial charge in [-0.25, -0.2) is 28.9 Å². The van der Waals surface area contributed by atoms with E-state index in [1.807, 2.05) is 6.26 Å². The zero-order valence-electron chi connectivity index (χ0n) is 24.1. The largest absolute Gasteiger partial charge is 0.481 e. The number of nitrogens with one attached hydrogen (secondary N) is 2. The highest BCUT2D eigenvalue weighted by atomic mass is 32.2. The van der Waals surface area contributed by atoms with Crippen molar-refractivity contribution in [1.29, 1.82) is 0 Å². The lowest BCUT2D eigenvalue weighted by atomic mass is 10.1. The van der Waals surface area contributed by atoms with Gasteiger partial charge in [0, 0.05) is 23.7 Å². The number of benzene rings is 1. The molecule has 4 rings (SSSR count). The number of halogens is 3. The van der Waals surface area contributed by atoms with E-state index in [9.17, 15) is 37.1 Å². The van der Waals surface area contributed by atoms with Crippen LogP contribution in [0.4, 0.5) is 29.5 Å². The molecule has 1 amide bonds. The minimum atomic E-state index is -5.46. The van der Waals surface area contributed by atoms with Gasteiger partial charge in [-0.15, -0.1) is 0 Å². The van der Waals surface area contributed by atoms with Gasteiger partial charge in [-0.05, 0) is 18.4 Å². The minimum Gasteiger partial charge on any atom is -0.438 e. The van der Waals surface area contributed by atoms with Crippen molar-refractivity contribution < 1.29 is 65.2 Å². The zero-order chi connectivity index (χ0) is 34.4. The van der Waals surface area contributed by atoms with Crippen molar-refractivity contribution >= 4 is 67.9 Å². The number of hydrogen-bond acceptors (Lipinski definition) is 14. The number of hydrogen-bond donors (Lipinski definition) is 6. The lowest BCUT2D eigenvalue weighted by Gasteiger charge is -2.22. The number of fused-ring (bicyclic) bond motifs is 1. The summed E-state index contributed by atoms with van der Waals surface area (Å²) in [7, 11) is -10.8. The Bertz CT molecular complexity index is 1620. The third kappa shape index (κ3) is 11.0. The maximum Gasteiger partial charge on any atom is 0.481 e. The number of thioether (sulfide) groups is 2. The van der Waals surface area contributed by atoms with E-state index in [2.05, 4.69) is 34.4 Å². The van der Waals surface area contributed by atoms with Crippen molar-refractivity contribution in [3.63, 3.8) is 0 Å². The summed E-state index contributed by atoms with van der Waals surface area (Å²) in [5.41, 5.74) is 0.501. The van der Waals surface area contributed by atoms with Gasteiger partial charge in [0.1, 0.15) is 12.2 Å². The van der Waals surface area contributed by atoms with Crippen LogP contribution in [0, 0.1) is 0 Å². The van der Waals surface area contributed by atoms with Crippen LogP contribution in [0.1, 0.15) is 12.6 Å². The average Bonchev–Trinajstić information content (AvgIpc) is 3.51. The predicted octanol–water partition coefficient (Wildman–Crippen LogP) is 3.75. The normalized spacial score (nSPS) is 21.4. The van der Waals surface area contributed by atoms with Gasteiger partial charge in [-0.2, -0.15) is 29.2 Å². The van der Waals surface area contributed by atoms with E-state index < -0.39 is 71.2 Å². The van der Waals surface area contributed by atoms with E-state index in [0.717, 1.165) is 11.8 Å². The number of rotatable bonds is 15. The van der Waals surface area contributed by atoms with Gasteiger partial charge in [0.2, 0.25) is 0 Å². The molecule has 3 heterocycles. The quantitative estimate of drug-likeness (QED) is 0.0562. The first kappa shape index (κ1) is 37.3. The number of aliphatic hydroxyl groups excluding tert-OH is 1. The number of aromatic nitrogens is 4. The lowest BCUT2D eigenvalue weighted by molar-refractivity contribution is -0.129. The third-order valence-electron chi connectivity index (χ3n) is 6.08. The van der Waals surface area contributed by atoms with Crippen LogP contribution in [0.3, 0.4) is 0 Å². The minimum absolute atomic E-state index is 0.00894. The van der Waals surface area contributed by atoms with Crippen molar-refractivity contribution in [2.45, 2.75) is 42.3 Å². The predicted molar refractivity (Wildman–Crippen MR) is 163 cm³/mol. The summed E-state index contributed by atoms with van der Waals surface area (Å²) >= 11 is 2.25. The van der Waals surface area contributed by atoms with Crippen LogP contribution < -0.4 is 10.6 Å². The number of imidazole rings is 1. The van der Waals surface area contributed by atoms with Gasteiger partial charge < -0.3 is 34.6 Å². The van der Waals surface area contributed by atoms with Crippen LogP contribution in [0.2, 0.25) is 0 Å². The van der Waals surface area contributed by atoms with Crippen LogP contribution in [0.5, 0.6) is 0 Å². The average molecular weight is 749 g/mol. The SMILES string of the molecule is CSCCNc1nc(SCCC(F)(F)F)nc2c1ncn2[C@@H]1OC(COP(=O)(O)OP(=O)(O)O)[C@@H](O)[C@H]1OC(=O)Nc1ccccc1. The Balaban J connectivity index is 1.67. The molecule has 47 heavy (non-hydrogen) atoms. The Kier molecular flexibility index (Phi) is 12.6. The fraction of sp³-hybridized carbons (Fsp3) is 0.478. The maximum atomic E-state index is 12.8. The fourth-order valence-electron chi connectivity index (χ4n) is 4.13. The first-order valence-electron chi connectivity index (χ1n) is 13.3. The second-order valence-electron chi connectivity index (χ2n) is 9.57. The number of phosphoric acid groups is 2. The van der Waals surface area contributed by atoms with Gasteiger partial charge in [0.05, 0.1) is 19.4 Å². The van der Waals surface area contributed by atoms with E-state index in [0.29, 0.717) is 18.0 Å². The highest BCUT2D eigenvalue weighted by Crippen LogP contribution is 2.57. The molecule has 1 aromatic carbocycles. The second-order valence-corrected chi connectivity index (χ2v) is 14.4. The molecule has 1 saturated heterocycles. The monoisotopic (exact) mass is 748 g/mol. The summed E-state index contributed by atoms with van der Waals surface area (Å²) in [4.78, 5) is 53.3. The number of carbonyl (C=O) groups is 1. The number of para-hydroxylation sites is 1. The first-order valence-corrected chi connectivity index (χ1v) is 18.7. The third-order valence-corrected chi connectivity index (χ3v) is 9.69. The van der Waals surface area contributed by atoms with E-state index in [4.69, 9.17) is 19.3 Å². The topological polar surface area (TPSA) is 237 Å². The van der Waals surface area contributed by atoms with Crippen LogP contribution >= 0.6 is 39.2 Å². The molecule has 0 radical (unpaired) electrons. The molecule has 17 nitrogen and oxygen atoms in total. The van der Waals surface area contributed by atoms with Gasteiger partial charge >= 0.3 is 27.9 Å². The Morgan fingerprint density at radius 1 is 1.15 bits per heavy atom. The van der Waals surface area contributed by atoms with Crippen LogP contribution in [-0.4, -0.2) is 101 Å². The number of alkyl halides is 3. The molecule has 3 aromatic rings. The summed E-state index contributed by atoms with van der Waals surface area (Å²) in [6.45, 7) is -0.568. The highest BCUT2D eigenvalue weighted by Gasteiger charge is 2.49. The molecule has 6 N–H and O–H groups in total. The fourth-order valence-corrected chi connectivity index (χ4v) is 6.85. The van der Waals surface area contributed by atoms with Gasteiger partial charge in [0.15, 0.2) is 34.5 Å². The van der Waals surface area contributed by atoms with Crippen LogP contribution in [0.25, 0.3) is 11.2 Å². The Hall–Kier alpha value is -2.49. The summed E-state index contributed by atoms with van der Waals surface area (Å²) < 4.78 is 82.5. The molecule has 5 atom stereocenters. The molecule has 2 aromatic heterocycles. The van der Waals surface area contributed by atoms with Crippen LogP contribution in [-0.2, 0) is 27.4 Å². The van der Waals surface area contributed by atoms with Crippen LogP contribution in [0.15, 0.2) is 41.8 Å². The molecule has 0 bridgehead atoms. The number of phosphoric ester groups is 1. The zero-order valence-corrected chi connectivity index (χ0v) is 27.5. The molecular weight excluding hydrogens is 719 g/mol. The van der Waals surface area contributed by atoms with E-state index in [1.54, 1.807) is 30.3 Å². The van der Waals surface area contributed by atoms with Crippen molar-refractivity contribution in [1.82, 2.24) is 19.5 Å². The van der Waals surface area contributed by atoms with Gasteiger partial charge in [-0.1, -0.05) is 30.0 Å². The number of carbonyl (C=O) groups excluding carboxylic acids is 1. The number of anilines is 2. The molecular formula is C23H29F3N6O11P2S2. The summed E-state index contributed by atoms with van der Waals surface area (Å²) in [6.07, 6.45) is -9.90. The molecule has 1 aliphatic heterocycles. The molecule has 260 valence electrons. The van der Waals surface area contributed by atoms with E-state index >= 15 is 0 Å². The summed E-state index contributed by atoms with van der Waals surface area (Å²) in [5.74, 6) is 0.440. The Morgan fingerprint density at radius 2 is 1.87 bits per heavy atom. The highest BCUT2D eigenvalue weighted by molar-refractivity contribution is 7.99. The molecule has 0 spiro atoms. The van der Waals surface area contributed by atoms with Crippen molar-refractivity contribution in [2.24, 2.45) is 0 Å². The molecule has 1 aliphatic rings. The van der Waals surface area contributed by atoms with E-state index in [-0.39, 0.29) is 22.1 Å². The number of aliphatic hydroxyl groups is 1. The molecule has 1 fully saturated rings. The molecule has 0 aliphatic carbocycles. The molecule has 24 heteroatoms. The van der Waals surface area contributed by atoms with Crippen molar-refractivity contribution in [3.8, 4) is 0 Å². The number of amides is 1. The Labute approximate surface area is 272 Å². The number of nitrogens with zero attached hydrogens (tertiary/aromatic N) is 4. The van der Waals surface area contributed by atoms with Crippen molar-refractivity contribution in [2.75, 3.05) is 41.5 Å². The second kappa shape index (κ2) is 15.8. The maximum absolute atomic E-state index is 12.8. The van der Waals surface area contributed by atoms with E-state index in [1.165, 1.54) is 22.7 Å². The first-order chi connectivity index (χ1) is 22.0.